The summed E-state index contributed by atoms with van der Waals surface area (Å²) in [4.78, 5) is 46.6. The van der Waals surface area contributed by atoms with Crippen LogP contribution in [0.5, 0.6) is 11.5 Å². The van der Waals surface area contributed by atoms with E-state index in [2.05, 4.69) is 18.8 Å². The van der Waals surface area contributed by atoms with Crippen LogP contribution in [0.25, 0.3) is 11.0 Å². The molecule has 1 amide bonds. The Morgan fingerprint density at radius 2 is 1.88 bits per heavy atom. The van der Waals surface area contributed by atoms with Gasteiger partial charge in [0.2, 0.25) is 5.76 Å². The summed E-state index contributed by atoms with van der Waals surface area (Å²) in [5, 5.41) is 0.631. The van der Waals surface area contributed by atoms with E-state index in [0.29, 0.717) is 52.9 Å². The number of benzene rings is 2. The average Bonchev–Trinajstić information content (AvgIpc) is 3.46. The standard InChI is InChI=1S/C31H32N2O7S/c1-7-38-23-15-19(9-11-22(23)39-13-12-16(2)3)25-24-26(34)20-14-17(4)8-10-21(20)40-27(24)29(35)33(25)31-32-18(5)28(41-31)30(36)37-6/h8-11,14-16,25H,7,12-13H2,1-6H3. The Balaban J connectivity index is 1.70. The van der Waals surface area contributed by atoms with E-state index in [4.69, 9.17) is 18.6 Å². The molecule has 4 aromatic rings. The highest BCUT2D eigenvalue weighted by Crippen LogP contribution is 2.45. The van der Waals surface area contributed by atoms with Gasteiger partial charge < -0.3 is 18.6 Å². The lowest BCUT2D eigenvalue weighted by atomic mass is 9.98. The minimum atomic E-state index is -0.876. The van der Waals surface area contributed by atoms with Crippen LogP contribution in [0.2, 0.25) is 0 Å². The number of carbonyl (C=O) groups is 2. The van der Waals surface area contributed by atoms with Gasteiger partial charge in [-0.05, 0) is 62.9 Å². The highest BCUT2D eigenvalue weighted by atomic mass is 32.1. The molecule has 0 N–H and O–H groups in total. The van der Waals surface area contributed by atoms with Crippen molar-refractivity contribution in [1.29, 1.82) is 0 Å². The molecule has 0 aliphatic carbocycles. The Kier molecular flexibility index (Phi) is 7.86. The van der Waals surface area contributed by atoms with Gasteiger partial charge in [-0.2, -0.15) is 0 Å². The molecule has 3 heterocycles. The molecule has 0 bridgehead atoms. The Hall–Kier alpha value is -4.18. The lowest BCUT2D eigenvalue weighted by Gasteiger charge is -2.23. The van der Waals surface area contributed by atoms with E-state index in [1.54, 1.807) is 31.2 Å². The molecule has 0 saturated heterocycles. The molecular weight excluding hydrogens is 544 g/mol. The molecular formula is C31H32N2O7S. The third kappa shape index (κ3) is 5.19. The van der Waals surface area contributed by atoms with Crippen LogP contribution < -0.4 is 19.8 Å². The van der Waals surface area contributed by atoms with E-state index in [0.717, 1.165) is 23.3 Å². The normalized spacial score (nSPS) is 14.6. The number of hydrogen-bond donors (Lipinski definition) is 0. The highest BCUT2D eigenvalue weighted by Gasteiger charge is 2.45. The number of thiazole rings is 1. The fourth-order valence-electron chi connectivity index (χ4n) is 4.85. The van der Waals surface area contributed by atoms with Crippen LogP contribution in [0.4, 0.5) is 5.13 Å². The smallest absolute Gasteiger partial charge is 0.350 e. The first-order valence-electron chi connectivity index (χ1n) is 13.5. The predicted octanol–water partition coefficient (Wildman–Crippen LogP) is 6.23. The number of rotatable bonds is 9. The second-order valence-corrected chi connectivity index (χ2v) is 11.3. The zero-order valence-corrected chi connectivity index (χ0v) is 24.7. The molecule has 1 aliphatic heterocycles. The maximum Gasteiger partial charge on any atom is 0.350 e. The van der Waals surface area contributed by atoms with Gasteiger partial charge in [-0.25, -0.2) is 9.78 Å². The van der Waals surface area contributed by atoms with Gasteiger partial charge in [-0.15, -0.1) is 0 Å². The number of aromatic nitrogens is 1. The van der Waals surface area contributed by atoms with Gasteiger partial charge in [0.05, 0.1) is 43.0 Å². The Bertz CT molecular complexity index is 1700. The maximum atomic E-state index is 14.0. The average molecular weight is 577 g/mol. The fraction of sp³-hybridized carbons (Fsp3) is 0.355. The number of carbonyl (C=O) groups excluding carboxylic acids is 2. The summed E-state index contributed by atoms with van der Waals surface area (Å²) >= 11 is 1.03. The molecule has 5 rings (SSSR count). The van der Waals surface area contributed by atoms with Crippen LogP contribution in [0.15, 0.2) is 45.6 Å². The van der Waals surface area contributed by atoms with Crippen molar-refractivity contribution in [3.8, 4) is 11.5 Å². The van der Waals surface area contributed by atoms with Crippen molar-refractivity contribution in [1.82, 2.24) is 4.98 Å². The van der Waals surface area contributed by atoms with Gasteiger partial charge in [-0.1, -0.05) is 42.9 Å². The van der Waals surface area contributed by atoms with E-state index in [1.807, 2.05) is 26.0 Å². The SMILES string of the molecule is CCOc1cc(C2c3c(oc4ccc(C)cc4c3=O)C(=O)N2c2nc(C)c(C(=O)OC)s2)ccc1OCCC(C)C. The number of anilines is 1. The Morgan fingerprint density at radius 1 is 1.10 bits per heavy atom. The third-order valence-corrected chi connectivity index (χ3v) is 8.06. The van der Waals surface area contributed by atoms with E-state index in [1.165, 1.54) is 12.0 Å². The van der Waals surface area contributed by atoms with Gasteiger partial charge in [0.25, 0.3) is 5.91 Å². The number of ether oxygens (including phenoxy) is 3. The summed E-state index contributed by atoms with van der Waals surface area (Å²) < 4.78 is 22.9. The largest absolute Gasteiger partial charge is 0.490 e. The molecule has 0 radical (unpaired) electrons. The molecule has 2 aromatic heterocycles. The number of hydrogen-bond acceptors (Lipinski definition) is 9. The number of nitrogens with zero attached hydrogens (tertiary/aromatic N) is 2. The summed E-state index contributed by atoms with van der Waals surface area (Å²) in [6.45, 7) is 10.6. The molecule has 1 unspecified atom stereocenters. The molecule has 9 nitrogen and oxygen atoms in total. The van der Waals surface area contributed by atoms with Gasteiger partial charge >= 0.3 is 5.97 Å². The zero-order valence-electron chi connectivity index (χ0n) is 23.9. The number of amides is 1. The van der Waals surface area contributed by atoms with Crippen molar-refractivity contribution in [2.75, 3.05) is 25.2 Å². The summed E-state index contributed by atoms with van der Waals surface area (Å²) in [5.41, 5.74) is 2.15. The van der Waals surface area contributed by atoms with E-state index >= 15 is 0 Å². The minimum Gasteiger partial charge on any atom is -0.490 e. The molecule has 214 valence electrons. The molecule has 41 heavy (non-hydrogen) atoms. The van der Waals surface area contributed by atoms with E-state index in [9.17, 15) is 14.4 Å². The number of methoxy groups -OCH3 is 1. The lowest BCUT2D eigenvalue weighted by molar-refractivity contribution is 0.0605. The summed E-state index contributed by atoms with van der Waals surface area (Å²) in [6.07, 6.45) is 0.880. The third-order valence-electron chi connectivity index (χ3n) is 6.92. The van der Waals surface area contributed by atoms with Crippen molar-refractivity contribution < 1.29 is 28.2 Å². The Labute approximate surface area is 241 Å². The van der Waals surface area contributed by atoms with Gasteiger partial charge in [0.1, 0.15) is 10.5 Å². The second-order valence-electron chi connectivity index (χ2n) is 10.3. The first kappa shape index (κ1) is 28.4. The van der Waals surface area contributed by atoms with Crippen LogP contribution in [0, 0.1) is 19.8 Å². The number of esters is 1. The van der Waals surface area contributed by atoms with Crippen LogP contribution in [0.3, 0.4) is 0 Å². The van der Waals surface area contributed by atoms with Crippen molar-refractivity contribution in [3.05, 3.63) is 79.6 Å². The van der Waals surface area contributed by atoms with E-state index < -0.39 is 17.9 Å². The molecule has 1 aliphatic rings. The molecule has 0 spiro atoms. The quantitative estimate of drug-likeness (QED) is 0.216. The van der Waals surface area contributed by atoms with Crippen LogP contribution in [-0.2, 0) is 4.74 Å². The number of aryl methyl sites for hydroxylation is 2. The highest BCUT2D eigenvalue weighted by molar-refractivity contribution is 7.17. The number of fused-ring (bicyclic) bond motifs is 2. The molecule has 2 aromatic carbocycles. The van der Waals surface area contributed by atoms with Gasteiger partial charge in [0.15, 0.2) is 22.1 Å². The second kappa shape index (κ2) is 11.4. The first-order chi connectivity index (χ1) is 19.6. The van der Waals surface area contributed by atoms with Crippen molar-refractivity contribution in [2.45, 2.75) is 47.1 Å². The van der Waals surface area contributed by atoms with Gasteiger partial charge in [-0.3, -0.25) is 14.5 Å². The van der Waals surface area contributed by atoms with Crippen LogP contribution in [-0.4, -0.2) is 37.2 Å². The van der Waals surface area contributed by atoms with Crippen LogP contribution in [0.1, 0.15) is 75.8 Å². The first-order valence-corrected chi connectivity index (χ1v) is 14.3. The predicted molar refractivity (Wildman–Crippen MR) is 157 cm³/mol. The van der Waals surface area contributed by atoms with Gasteiger partial charge in [0, 0.05) is 0 Å². The minimum absolute atomic E-state index is 0.0564. The zero-order chi connectivity index (χ0) is 29.4. The lowest BCUT2D eigenvalue weighted by Crippen LogP contribution is -2.29. The molecule has 0 fully saturated rings. The molecule has 0 saturated carbocycles. The van der Waals surface area contributed by atoms with Crippen molar-refractivity contribution >= 4 is 39.3 Å². The topological polar surface area (TPSA) is 108 Å². The van der Waals surface area contributed by atoms with Crippen molar-refractivity contribution in [2.24, 2.45) is 5.92 Å². The Morgan fingerprint density at radius 3 is 2.59 bits per heavy atom. The van der Waals surface area contributed by atoms with Crippen molar-refractivity contribution in [3.63, 3.8) is 0 Å². The van der Waals surface area contributed by atoms with E-state index in [-0.39, 0.29) is 26.8 Å². The fourth-order valence-corrected chi connectivity index (χ4v) is 5.87. The molecule has 1 atom stereocenters. The summed E-state index contributed by atoms with van der Waals surface area (Å²) in [6, 6.07) is 9.79. The maximum absolute atomic E-state index is 14.0. The summed E-state index contributed by atoms with van der Waals surface area (Å²) in [5.74, 6) is 0.425. The van der Waals surface area contributed by atoms with Crippen LogP contribution >= 0.6 is 11.3 Å². The summed E-state index contributed by atoms with van der Waals surface area (Å²) in [7, 11) is 1.29. The molecule has 10 heteroatoms. The monoisotopic (exact) mass is 576 g/mol.